The Morgan fingerprint density at radius 3 is 1.57 bits per heavy atom. The summed E-state index contributed by atoms with van der Waals surface area (Å²) in [7, 11) is 0. The van der Waals surface area contributed by atoms with E-state index in [9.17, 15) is 0 Å². The summed E-state index contributed by atoms with van der Waals surface area (Å²) in [5.41, 5.74) is 15.6. The summed E-state index contributed by atoms with van der Waals surface area (Å²) in [5.74, 6) is 0. The van der Waals surface area contributed by atoms with Gasteiger partial charge in [0.2, 0.25) is 0 Å². The van der Waals surface area contributed by atoms with Crippen LogP contribution in [0.3, 0.4) is 0 Å². The van der Waals surface area contributed by atoms with Crippen LogP contribution in [0.2, 0.25) is 0 Å². The second kappa shape index (κ2) is 13.2. The third-order valence-corrected chi connectivity index (χ3v) is 12.1. The zero-order chi connectivity index (χ0) is 37.0. The Bertz CT molecular complexity index is 2640. The van der Waals surface area contributed by atoms with E-state index >= 15 is 0 Å². The minimum Gasteiger partial charge on any atom is -0.310 e. The fraction of sp³-hybridized carbons (Fsp3) is 0.170. The molecule has 0 radical (unpaired) electrons. The first-order valence-corrected chi connectivity index (χ1v) is 19.4. The number of fused-ring (bicyclic) bond motifs is 4. The van der Waals surface area contributed by atoms with Crippen LogP contribution in [0.15, 0.2) is 170 Å². The average molecular weight is 698 g/mol. The van der Waals surface area contributed by atoms with E-state index in [1.54, 1.807) is 0 Å². The molecule has 1 nitrogen and oxygen atoms in total. The van der Waals surface area contributed by atoms with E-state index in [1.807, 2.05) is 0 Å². The first-order valence-electron chi connectivity index (χ1n) is 19.4. The molecule has 0 aromatic heterocycles. The molecule has 0 saturated carbocycles. The van der Waals surface area contributed by atoms with Gasteiger partial charge in [-0.25, -0.2) is 0 Å². The van der Waals surface area contributed by atoms with Gasteiger partial charge in [-0.15, -0.1) is 0 Å². The van der Waals surface area contributed by atoms with Gasteiger partial charge in [0, 0.05) is 16.9 Å². The van der Waals surface area contributed by atoms with Gasteiger partial charge in [0.1, 0.15) is 0 Å². The van der Waals surface area contributed by atoms with E-state index in [0.717, 1.165) is 17.1 Å². The summed E-state index contributed by atoms with van der Waals surface area (Å²) in [4.78, 5) is 2.42. The Morgan fingerprint density at radius 2 is 0.907 bits per heavy atom. The number of rotatable bonds is 6. The van der Waals surface area contributed by atoms with Crippen LogP contribution in [0.1, 0.15) is 57.2 Å². The Labute approximate surface area is 320 Å². The van der Waals surface area contributed by atoms with Crippen molar-refractivity contribution in [2.45, 2.75) is 58.3 Å². The molecule has 8 aromatic rings. The van der Waals surface area contributed by atoms with Gasteiger partial charge in [-0.05, 0) is 133 Å². The van der Waals surface area contributed by atoms with Gasteiger partial charge < -0.3 is 4.90 Å². The SMILES string of the molecule is Cc1cc2c(cc1-c1ccc(N(c3ccc(-c4cc5ccccc5c5ccccc45)cc3)c3ccccc3-c3ccccc3)cc1)C(C)(C)CCC2(C)C. The molecule has 0 unspecified atom stereocenters. The third-order valence-electron chi connectivity index (χ3n) is 12.1. The highest BCUT2D eigenvalue weighted by molar-refractivity contribution is 6.13. The molecule has 0 aliphatic heterocycles. The highest BCUT2D eigenvalue weighted by atomic mass is 15.1. The molecule has 0 fully saturated rings. The van der Waals surface area contributed by atoms with Gasteiger partial charge in [-0.3, -0.25) is 0 Å². The Kier molecular flexibility index (Phi) is 8.27. The minimum atomic E-state index is 0.163. The van der Waals surface area contributed by atoms with Crippen molar-refractivity contribution in [3.63, 3.8) is 0 Å². The second-order valence-corrected chi connectivity index (χ2v) is 16.5. The lowest BCUT2D eigenvalue weighted by Gasteiger charge is -2.42. The number of hydrogen-bond donors (Lipinski definition) is 0. The molecule has 8 aromatic carbocycles. The maximum Gasteiger partial charge on any atom is 0.0540 e. The molecule has 0 bridgehead atoms. The lowest BCUT2D eigenvalue weighted by Crippen LogP contribution is -2.34. The normalized spacial score (nSPS) is 14.5. The van der Waals surface area contributed by atoms with Gasteiger partial charge in [-0.2, -0.15) is 0 Å². The predicted molar refractivity (Wildman–Crippen MR) is 232 cm³/mol. The van der Waals surface area contributed by atoms with Crippen molar-refractivity contribution >= 4 is 38.6 Å². The maximum atomic E-state index is 2.50. The standard InChI is InChI=1S/C53H47N/c1-36-33-49-50(53(4,5)32-31-52(49,2)3)35-47(36)38-23-27-41(28-24-38)54(51-22-14-13-19-44(51)37-15-7-6-8-16-37)42-29-25-39(26-30-42)48-34-40-17-9-10-18-43(40)45-20-11-12-21-46(45)48/h6-30,33-35H,31-32H2,1-5H3. The van der Waals surface area contributed by atoms with Crippen molar-refractivity contribution < 1.29 is 0 Å². The Hall–Kier alpha value is -5.92. The van der Waals surface area contributed by atoms with Crippen molar-refractivity contribution in [3.8, 4) is 33.4 Å². The molecule has 0 saturated heterocycles. The van der Waals surface area contributed by atoms with Crippen molar-refractivity contribution in [2.24, 2.45) is 0 Å². The number of hydrogen-bond acceptors (Lipinski definition) is 1. The van der Waals surface area contributed by atoms with Crippen LogP contribution in [0.4, 0.5) is 17.1 Å². The molecule has 0 amide bonds. The van der Waals surface area contributed by atoms with Crippen LogP contribution < -0.4 is 4.90 Å². The van der Waals surface area contributed by atoms with Crippen molar-refractivity contribution in [2.75, 3.05) is 4.90 Å². The van der Waals surface area contributed by atoms with Gasteiger partial charge in [0.25, 0.3) is 0 Å². The van der Waals surface area contributed by atoms with E-state index in [2.05, 4.69) is 209 Å². The molecular weight excluding hydrogens is 651 g/mol. The number of aryl methyl sites for hydroxylation is 1. The van der Waals surface area contributed by atoms with Crippen LogP contribution in [-0.4, -0.2) is 0 Å². The zero-order valence-electron chi connectivity index (χ0n) is 32.0. The number of nitrogens with zero attached hydrogens (tertiary/aromatic N) is 1. The molecule has 0 spiro atoms. The van der Waals surface area contributed by atoms with Gasteiger partial charge >= 0.3 is 0 Å². The topological polar surface area (TPSA) is 3.24 Å². The van der Waals surface area contributed by atoms with Crippen molar-refractivity contribution in [3.05, 3.63) is 187 Å². The number of benzene rings is 8. The second-order valence-electron chi connectivity index (χ2n) is 16.5. The highest BCUT2D eigenvalue weighted by Crippen LogP contribution is 2.48. The van der Waals surface area contributed by atoms with Crippen LogP contribution in [0.25, 0.3) is 54.9 Å². The zero-order valence-corrected chi connectivity index (χ0v) is 32.0. The van der Waals surface area contributed by atoms with Gasteiger partial charge in [-0.1, -0.05) is 161 Å². The van der Waals surface area contributed by atoms with E-state index < -0.39 is 0 Å². The van der Waals surface area contributed by atoms with Gasteiger partial charge in [0.15, 0.2) is 0 Å². The summed E-state index contributed by atoms with van der Waals surface area (Å²) >= 11 is 0. The summed E-state index contributed by atoms with van der Waals surface area (Å²) in [6, 6.07) is 62.7. The van der Waals surface area contributed by atoms with Crippen molar-refractivity contribution in [1.82, 2.24) is 0 Å². The van der Waals surface area contributed by atoms with Crippen LogP contribution in [-0.2, 0) is 10.8 Å². The molecular formula is C53H47N. The van der Waals surface area contributed by atoms with Crippen LogP contribution in [0, 0.1) is 6.92 Å². The van der Waals surface area contributed by atoms with Gasteiger partial charge in [0.05, 0.1) is 5.69 Å². The monoisotopic (exact) mass is 697 g/mol. The first-order chi connectivity index (χ1) is 26.2. The maximum absolute atomic E-state index is 2.50. The molecule has 0 heterocycles. The van der Waals surface area contributed by atoms with E-state index in [0.29, 0.717) is 0 Å². The fourth-order valence-corrected chi connectivity index (χ4v) is 8.86. The summed E-state index contributed by atoms with van der Waals surface area (Å²) < 4.78 is 0. The number of para-hydroxylation sites is 1. The molecule has 1 aliphatic carbocycles. The first kappa shape index (κ1) is 33.9. The Balaban J connectivity index is 1.16. The molecule has 1 heteroatoms. The van der Waals surface area contributed by atoms with Crippen LogP contribution in [0.5, 0.6) is 0 Å². The lowest BCUT2D eigenvalue weighted by molar-refractivity contribution is 0.332. The molecule has 0 atom stereocenters. The number of anilines is 3. The van der Waals surface area contributed by atoms with Crippen molar-refractivity contribution in [1.29, 1.82) is 0 Å². The largest absolute Gasteiger partial charge is 0.310 e. The Morgan fingerprint density at radius 1 is 0.407 bits per heavy atom. The summed E-state index contributed by atoms with van der Waals surface area (Å²) in [5, 5.41) is 5.11. The molecule has 264 valence electrons. The fourth-order valence-electron chi connectivity index (χ4n) is 8.86. The smallest absolute Gasteiger partial charge is 0.0540 e. The van der Waals surface area contributed by atoms with E-state index in [-0.39, 0.29) is 10.8 Å². The molecule has 54 heavy (non-hydrogen) atoms. The predicted octanol–water partition coefficient (Wildman–Crippen LogP) is 15.1. The average Bonchev–Trinajstić information content (AvgIpc) is 3.20. The van der Waals surface area contributed by atoms with E-state index in [4.69, 9.17) is 0 Å². The lowest BCUT2D eigenvalue weighted by atomic mass is 9.62. The molecule has 0 N–H and O–H groups in total. The summed E-state index contributed by atoms with van der Waals surface area (Å²) in [6.07, 6.45) is 2.43. The molecule has 1 aliphatic rings. The van der Waals surface area contributed by atoms with Crippen LogP contribution >= 0.6 is 0 Å². The molecule has 9 rings (SSSR count). The van der Waals surface area contributed by atoms with E-state index in [1.165, 1.54) is 84.5 Å². The highest BCUT2D eigenvalue weighted by Gasteiger charge is 2.37. The summed E-state index contributed by atoms with van der Waals surface area (Å²) in [6.45, 7) is 11.9. The quantitative estimate of drug-likeness (QED) is 0.156. The third kappa shape index (κ3) is 5.89. The minimum absolute atomic E-state index is 0.163.